The average molecular weight is 360 g/mol. The second-order valence-corrected chi connectivity index (χ2v) is 6.97. The predicted molar refractivity (Wildman–Crippen MR) is 100 cm³/mol. The van der Waals surface area contributed by atoms with Gasteiger partial charge in [-0.25, -0.2) is 4.90 Å². The number of likely N-dealkylation sites (N-methyl/N-ethyl adjacent to an activating group) is 1. The normalized spacial score (nSPS) is 22.2. The number of hydrogen-bond donors (Lipinski definition) is 1. The number of nitrogens with zero attached hydrogens (tertiary/aromatic N) is 3. The van der Waals surface area contributed by atoms with E-state index in [1.807, 2.05) is 0 Å². The van der Waals surface area contributed by atoms with Crippen molar-refractivity contribution < 1.29 is 14.3 Å². The third-order valence-electron chi connectivity index (χ3n) is 5.12. The number of piperazine rings is 1. The predicted octanol–water partition coefficient (Wildman–Crippen LogP) is 0.554. The van der Waals surface area contributed by atoms with Gasteiger partial charge >= 0.3 is 0 Å². The Kier molecular flexibility index (Phi) is 6.24. The maximum Gasteiger partial charge on any atom is 0.251 e. The molecule has 2 amide bonds. The van der Waals surface area contributed by atoms with E-state index in [9.17, 15) is 9.59 Å². The molecule has 2 fully saturated rings. The van der Waals surface area contributed by atoms with Crippen molar-refractivity contribution in [2.24, 2.45) is 0 Å². The fraction of sp³-hybridized carbons (Fsp3) is 0.579. The van der Waals surface area contributed by atoms with E-state index in [0.29, 0.717) is 11.4 Å². The summed E-state index contributed by atoms with van der Waals surface area (Å²) >= 11 is 0. The van der Waals surface area contributed by atoms with Gasteiger partial charge in [-0.15, -0.1) is 0 Å². The van der Waals surface area contributed by atoms with E-state index in [-0.39, 0.29) is 18.2 Å². The minimum absolute atomic E-state index is 0.156. The van der Waals surface area contributed by atoms with E-state index in [0.717, 1.165) is 45.7 Å². The summed E-state index contributed by atoms with van der Waals surface area (Å²) in [7, 11) is 3.74. The lowest BCUT2D eigenvalue weighted by atomic mass is 10.2. The van der Waals surface area contributed by atoms with Crippen LogP contribution in [-0.2, 0) is 9.59 Å². The minimum Gasteiger partial charge on any atom is -0.497 e. The number of benzene rings is 1. The van der Waals surface area contributed by atoms with Gasteiger partial charge in [-0.2, -0.15) is 0 Å². The van der Waals surface area contributed by atoms with Crippen molar-refractivity contribution >= 4 is 17.5 Å². The van der Waals surface area contributed by atoms with E-state index in [2.05, 4.69) is 22.2 Å². The summed E-state index contributed by atoms with van der Waals surface area (Å²) in [6.07, 6.45) is 1.20. The molecule has 2 aliphatic rings. The minimum atomic E-state index is -0.419. The van der Waals surface area contributed by atoms with Crippen LogP contribution in [-0.4, -0.2) is 81.1 Å². The number of hydrogen-bond acceptors (Lipinski definition) is 6. The third-order valence-corrected chi connectivity index (χ3v) is 5.12. The van der Waals surface area contributed by atoms with Gasteiger partial charge in [0.25, 0.3) is 5.91 Å². The largest absolute Gasteiger partial charge is 0.497 e. The maximum atomic E-state index is 12.6. The SMILES string of the molecule is COc1ccc(N2C(=O)C[C@@H](NCCCN3CCN(C)CC3)C2=O)cc1. The molecule has 1 N–H and O–H groups in total. The fourth-order valence-corrected chi connectivity index (χ4v) is 3.44. The molecule has 2 aliphatic heterocycles. The van der Waals surface area contributed by atoms with Crippen LogP contribution in [0.25, 0.3) is 0 Å². The first kappa shape index (κ1) is 18.8. The molecule has 0 unspecified atom stereocenters. The Morgan fingerprint density at radius 3 is 2.46 bits per heavy atom. The summed E-state index contributed by atoms with van der Waals surface area (Å²) in [6.45, 7) is 6.19. The van der Waals surface area contributed by atoms with Crippen LogP contribution in [0.5, 0.6) is 5.75 Å². The zero-order valence-electron chi connectivity index (χ0n) is 15.6. The van der Waals surface area contributed by atoms with Crippen LogP contribution in [0.3, 0.4) is 0 Å². The van der Waals surface area contributed by atoms with E-state index in [1.54, 1.807) is 31.4 Å². The molecule has 1 aromatic rings. The standard InChI is InChI=1S/C19H28N4O3/c1-21-10-12-22(13-11-21)9-3-8-20-17-14-18(24)23(19(17)25)15-4-6-16(26-2)7-5-15/h4-7,17,20H,3,8-14H2,1-2H3/t17-/m1/s1. The van der Waals surface area contributed by atoms with Gasteiger partial charge in [-0.3, -0.25) is 9.59 Å². The molecule has 1 atom stereocenters. The van der Waals surface area contributed by atoms with Crippen molar-refractivity contribution in [3.63, 3.8) is 0 Å². The molecule has 7 nitrogen and oxygen atoms in total. The molecule has 3 rings (SSSR count). The van der Waals surface area contributed by atoms with Crippen LogP contribution in [0, 0.1) is 0 Å². The van der Waals surface area contributed by atoms with Gasteiger partial charge in [-0.1, -0.05) is 0 Å². The monoisotopic (exact) mass is 360 g/mol. The number of anilines is 1. The zero-order valence-corrected chi connectivity index (χ0v) is 15.6. The first-order valence-electron chi connectivity index (χ1n) is 9.23. The summed E-state index contributed by atoms with van der Waals surface area (Å²) in [4.78, 5) is 30.9. The van der Waals surface area contributed by atoms with Crippen LogP contribution in [0.2, 0.25) is 0 Å². The highest BCUT2D eigenvalue weighted by atomic mass is 16.5. The third kappa shape index (κ3) is 4.41. The molecule has 2 saturated heterocycles. The number of methoxy groups -OCH3 is 1. The Hall–Kier alpha value is -1.96. The number of amides is 2. The molecular formula is C19H28N4O3. The lowest BCUT2D eigenvalue weighted by Gasteiger charge is -2.32. The Bertz CT molecular complexity index is 626. The van der Waals surface area contributed by atoms with Gasteiger partial charge in [-0.05, 0) is 50.8 Å². The molecule has 0 aromatic heterocycles. The second-order valence-electron chi connectivity index (χ2n) is 6.97. The van der Waals surface area contributed by atoms with Crippen LogP contribution in [0.4, 0.5) is 5.69 Å². The highest BCUT2D eigenvalue weighted by Crippen LogP contribution is 2.25. The molecule has 0 aliphatic carbocycles. The fourth-order valence-electron chi connectivity index (χ4n) is 3.44. The topological polar surface area (TPSA) is 65.1 Å². The van der Waals surface area contributed by atoms with Crippen molar-refractivity contribution in [1.29, 1.82) is 0 Å². The van der Waals surface area contributed by atoms with Crippen LogP contribution < -0.4 is 15.0 Å². The molecular weight excluding hydrogens is 332 g/mol. The van der Waals surface area contributed by atoms with Crippen molar-refractivity contribution in [3.05, 3.63) is 24.3 Å². The van der Waals surface area contributed by atoms with Gasteiger partial charge in [0, 0.05) is 26.2 Å². The van der Waals surface area contributed by atoms with Crippen molar-refractivity contribution in [2.45, 2.75) is 18.9 Å². The Morgan fingerprint density at radius 2 is 1.81 bits per heavy atom. The molecule has 0 radical (unpaired) electrons. The van der Waals surface area contributed by atoms with Crippen molar-refractivity contribution in [1.82, 2.24) is 15.1 Å². The van der Waals surface area contributed by atoms with Gasteiger partial charge < -0.3 is 19.9 Å². The summed E-state index contributed by atoms with van der Waals surface area (Å²) < 4.78 is 5.12. The quantitative estimate of drug-likeness (QED) is 0.566. The molecule has 142 valence electrons. The van der Waals surface area contributed by atoms with Gasteiger partial charge in [0.1, 0.15) is 5.75 Å². The number of rotatable bonds is 7. The van der Waals surface area contributed by atoms with Crippen molar-refractivity contribution in [3.8, 4) is 5.75 Å². The number of ether oxygens (including phenoxy) is 1. The van der Waals surface area contributed by atoms with E-state index < -0.39 is 6.04 Å². The van der Waals surface area contributed by atoms with E-state index >= 15 is 0 Å². The van der Waals surface area contributed by atoms with Crippen LogP contribution in [0.1, 0.15) is 12.8 Å². The summed E-state index contributed by atoms with van der Waals surface area (Å²) in [5, 5.41) is 3.26. The average Bonchev–Trinajstić information content (AvgIpc) is 2.94. The number of carbonyl (C=O) groups excluding carboxylic acids is 2. The number of nitrogens with one attached hydrogen (secondary N) is 1. The highest BCUT2D eigenvalue weighted by molar-refractivity contribution is 6.22. The Morgan fingerprint density at radius 1 is 1.12 bits per heavy atom. The van der Waals surface area contributed by atoms with E-state index in [4.69, 9.17) is 4.74 Å². The maximum absolute atomic E-state index is 12.6. The number of carbonyl (C=O) groups is 2. The number of imide groups is 1. The summed E-state index contributed by atoms with van der Waals surface area (Å²) in [6, 6.07) is 6.57. The Balaban J connectivity index is 1.46. The zero-order chi connectivity index (χ0) is 18.5. The molecule has 1 aromatic carbocycles. The van der Waals surface area contributed by atoms with E-state index in [1.165, 1.54) is 4.90 Å². The second kappa shape index (κ2) is 8.62. The lowest BCUT2D eigenvalue weighted by Crippen LogP contribution is -2.45. The first-order chi connectivity index (χ1) is 12.6. The Labute approximate surface area is 154 Å². The first-order valence-corrected chi connectivity index (χ1v) is 9.23. The van der Waals surface area contributed by atoms with Gasteiger partial charge in [0.15, 0.2) is 0 Å². The van der Waals surface area contributed by atoms with Gasteiger partial charge in [0.05, 0.1) is 25.3 Å². The van der Waals surface area contributed by atoms with Gasteiger partial charge in [0.2, 0.25) is 5.91 Å². The molecule has 0 bridgehead atoms. The molecule has 0 spiro atoms. The summed E-state index contributed by atoms with van der Waals surface area (Å²) in [5.41, 5.74) is 0.600. The van der Waals surface area contributed by atoms with Crippen LogP contribution >= 0.6 is 0 Å². The molecule has 0 saturated carbocycles. The molecule has 2 heterocycles. The van der Waals surface area contributed by atoms with Crippen molar-refractivity contribution in [2.75, 3.05) is 58.3 Å². The molecule has 26 heavy (non-hydrogen) atoms. The highest BCUT2D eigenvalue weighted by Gasteiger charge is 2.39. The lowest BCUT2D eigenvalue weighted by molar-refractivity contribution is -0.121. The van der Waals surface area contributed by atoms with Crippen LogP contribution in [0.15, 0.2) is 24.3 Å². The smallest absolute Gasteiger partial charge is 0.251 e. The molecule has 7 heteroatoms. The summed E-state index contributed by atoms with van der Waals surface area (Å²) in [5.74, 6) is 0.378.